The van der Waals surface area contributed by atoms with Crippen molar-refractivity contribution in [2.24, 2.45) is 5.92 Å². The van der Waals surface area contributed by atoms with Crippen molar-refractivity contribution in [3.8, 4) is 0 Å². The van der Waals surface area contributed by atoms with Gasteiger partial charge in [-0.2, -0.15) is 0 Å². The van der Waals surface area contributed by atoms with Crippen molar-refractivity contribution in [3.05, 3.63) is 0 Å². The second-order valence-electron chi connectivity index (χ2n) is 5.21. The fraction of sp³-hybridized carbons (Fsp3) is 0.923. The summed E-state index contributed by atoms with van der Waals surface area (Å²) in [5.41, 5.74) is 0. The number of hydrogen-bond acceptors (Lipinski definition) is 5. The highest BCUT2D eigenvalue weighted by molar-refractivity contribution is 5.65. The van der Waals surface area contributed by atoms with Crippen LogP contribution in [0.3, 0.4) is 0 Å². The van der Waals surface area contributed by atoms with Gasteiger partial charge in [-0.25, -0.2) is 0 Å². The lowest BCUT2D eigenvalue weighted by atomic mass is 9.91. The summed E-state index contributed by atoms with van der Waals surface area (Å²) in [7, 11) is 0. The number of hydrogen-bond donors (Lipinski definition) is 1. The van der Waals surface area contributed by atoms with Crippen molar-refractivity contribution >= 4 is 5.97 Å². The molecule has 5 nitrogen and oxygen atoms in total. The minimum atomic E-state index is -0.659. The van der Waals surface area contributed by atoms with Gasteiger partial charge >= 0.3 is 5.97 Å². The number of aliphatic hydroxyl groups is 1. The van der Waals surface area contributed by atoms with Crippen molar-refractivity contribution in [2.75, 3.05) is 13.2 Å². The number of carbonyl (C=O) groups excluding carboxylic acids is 1. The van der Waals surface area contributed by atoms with Gasteiger partial charge in [0.2, 0.25) is 0 Å². The summed E-state index contributed by atoms with van der Waals surface area (Å²) >= 11 is 0. The molecule has 1 aliphatic rings. The van der Waals surface area contributed by atoms with Gasteiger partial charge in [-0.05, 0) is 20.3 Å². The number of ether oxygens (including phenoxy) is 3. The summed E-state index contributed by atoms with van der Waals surface area (Å²) in [6.07, 6.45) is 1.19. The average molecular weight is 260 g/mol. The molecule has 5 heteroatoms. The van der Waals surface area contributed by atoms with E-state index in [2.05, 4.69) is 0 Å². The van der Waals surface area contributed by atoms with Gasteiger partial charge < -0.3 is 19.3 Å². The van der Waals surface area contributed by atoms with E-state index in [-0.39, 0.29) is 30.7 Å². The topological polar surface area (TPSA) is 65.0 Å². The fourth-order valence-electron chi connectivity index (χ4n) is 2.30. The highest BCUT2D eigenvalue weighted by Gasteiger charge is 2.40. The Labute approximate surface area is 108 Å². The van der Waals surface area contributed by atoms with Gasteiger partial charge in [0.1, 0.15) is 0 Å². The molecule has 106 valence electrons. The Kier molecular flexibility index (Phi) is 5.56. The molecule has 1 aliphatic heterocycles. The number of carbonyl (C=O) groups is 1. The molecule has 0 saturated carbocycles. The first-order valence-corrected chi connectivity index (χ1v) is 6.45. The summed E-state index contributed by atoms with van der Waals surface area (Å²) in [5.74, 6) is -0.769. The molecule has 1 N–H and O–H groups in total. The Bertz CT molecular complexity index is 277. The summed E-state index contributed by atoms with van der Waals surface area (Å²) in [5, 5.41) is 9.05. The molecule has 0 aromatic heterocycles. The largest absolute Gasteiger partial charge is 0.466 e. The van der Waals surface area contributed by atoms with Gasteiger partial charge in [0.25, 0.3) is 0 Å². The SMILES string of the molecule is CC(=O)OCC[C@H]1OC(C)(C)O[C@@H](CCO)[C@H]1C. The molecule has 0 radical (unpaired) electrons. The van der Waals surface area contributed by atoms with Crippen LogP contribution >= 0.6 is 0 Å². The van der Waals surface area contributed by atoms with Gasteiger partial charge in [0.05, 0.1) is 18.8 Å². The summed E-state index contributed by atoms with van der Waals surface area (Å²) in [6.45, 7) is 7.61. The Morgan fingerprint density at radius 2 is 1.83 bits per heavy atom. The third-order valence-corrected chi connectivity index (χ3v) is 3.16. The lowest BCUT2D eigenvalue weighted by molar-refractivity contribution is -0.321. The highest BCUT2D eigenvalue weighted by atomic mass is 16.7. The van der Waals surface area contributed by atoms with Crippen LogP contribution in [-0.2, 0) is 19.0 Å². The third-order valence-electron chi connectivity index (χ3n) is 3.16. The number of rotatable bonds is 5. The number of esters is 1. The fourth-order valence-corrected chi connectivity index (χ4v) is 2.30. The Morgan fingerprint density at radius 1 is 1.28 bits per heavy atom. The molecule has 0 bridgehead atoms. The van der Waals surface area contributed by atoms with Crippen LogP contribution in [0.2, 0.25) is 0 Å². The second kappa shape index (κ2) is 6.50. The molecule has 18 heavy (non-hydrogen) atoms. The quantitative estimate of drug-likeness (QED) is 0.758. The summed E-state index contributed by atoms with van der Waals surface area (Å²) < 4.78 is 16.6. The molecule has 0 amide bonds. The van der Waals surface area contributed by atoms with Crippen molar-refractivity contribution < 1.29 is 24.1 Å². The molecule has 0 aliphatic carbocycles. The van der Waals surface area contributed by atoms with Crippen LogP contribution in [0.15, 0.2) is 0 Å². The third kappa shape index (κ3) is 4.55. The van der Waals surface area contributed by atoms with Crippen molar-refractivity contribution in [1.29, 1.82) is 0 Å². The van der Waals surface area contributed by atoms with Crippen LogP contribution in [0.5, 0.6) is 0 Å². The Balaban J connectivity index is 2.55. The van der Waals surface area contributed by atoms with Gasteiger partial charge in [-0.1, -0.05) is 6.92 Å². The van der Waals surface area contributed by atoms with Crippen LogP contribution in [0, 0.1) is 5.92 Å². The second-order valence-corrected chi connectivity index (χ2v) is 5.21. The molecule has 1 heterocycles. The maximum atomic E-state index is 10.7. The lowest BCUT2D eigenvalue weighted by Crippen LogP contribution is -2.50. The first-order valence-electron chi connectivity index (χ1n) is 6.45. The maximum absolute atomic E-state index is 10.7. The van der Waals surface area contributed by atoms with E-state index in [1.165, 1.54) is 6.92 Å². The first-order chi connectivity index (χ1) is 8.35. The van der Waals surface area contributed by atoms with E-state index in [1.54, 1.807) is 0 Å². The minimum Gasteiger partial charge on any atom is -0.466 e. The summed E-state index contributed by atoms with van der Waals surface area (Å²) in [4.78, 5) is 10.7. The molecule has 1 rings (SSSR count). The Hall–Kier alpha value is -0.650. The van der Waals surface area contributed by atoms with Gasteiger partial charge in [-0.3, -0.25) is 4.79 Å². The van der Waals surface area contributed by atoms with E-state index in [0.717, 1.165) is 0 Å². The predicted octanol–water partition coefficient (Wildman–Crippen LogP) is 1.48. The van der Waals surface area contributed by atoms with Crippen LogP contribution in [-0.4, -0.2) is 42.3 Å². The van der Waals surface area contributed by atoms with Crippen molar-refractivity contribution in [3.63, 3.8) is 0 Å². The van der Waals surface area contributed by atoms with E-state index in [9.17, 15) is 4.79 Å². The molecule has 3 atom stereocenters. The van der Waals surface area contributed by atoms with Crippen molar-refractivity contribution in [2.45, 2.75) is 58.5 Å². The van der Waals surface area contributed by atoms with Gasteiger partial charge in [0.15, 0.2) is 5.79 Å². The molecule has 0 unspecified atom stereocenters. The monoisotopic (exact) mass is 260 g/mol. The van der Waals surface area contributed by atoms with E-state index in [4.69, 9.17) is 19.3 Å². The lowest BCUT2D eigenvalue weighted by Gasteiger charge is -2.45. The molecular weight excluding hydrogens is 236 g/mol. The van der Waals surface area contributed by atoms with E-state index in [0.29, 0.717) is 19.4 Å². The molecule has 0 aromatic rings. The molecular formula is C13H24O5. The molecule has 0 spiro atoms. The van der Waals surface area contributed by atoms with Crippen LogP contribution in [0.1, 0.15) is 40.5 Å². The maximum Gasteiger partial charge on any atom is 0.302 e. The van der Waals surface area contributed by atoms with E-state index >= 15 is 0 Å². The molecule has 1 fully saturated rings. The van der Waals surface area contributed by atoms with Crippen LogP contribution in [0.4, 0.5) is 0 Å². The zero-order valence-corrected chi connectivity index (χ0v) is 11.6. The van der Waals surface area contributed by atoms with E-state index < -0.39 is 5.79 Å². The summed E-state index contributed by atoms with van der Waals surface area (Å²) in [6, 6.07) is 0. The molecule has 1 saturated heterocycles. The van der Waals surface area contributed by atoms with Crippen LogP contribution in [0.25, 0.3) is 0 Å². The van der Waals surface area contributed by atoms with Crippen molar-refractivity contribution in [1.82, 2.24) is 0 Å². The van der Waals surface area contributed by atoms with Gasteiger partial charge in [-0.15, -0.1) is 0 Å². The molecule has 0 aromatic carbocycles. The highest BCUT2D eigenvalue weighted by Crippen LogP contribution is 2.33. The van der Waals surface area contributed by atoms with Gasteiger partial charge in [0, 0.05) is 25.9 Å². The van der Waals surface area contributed by atoms with E-state index in [1.807, 2.05) is 20.8 Å². The zero-order valence-electron chi connectivity index (χ0n) is 11.6. The first kappa shape index (κ1) is 15.4. The average Bonchev–Trinajstić information content (AvgIpc) is 2.23. The smallest absolute Gasteiger partial charge is 0.302 e. The predicted molar refractivity (Wildman–Crippen MR) is 65.9 cm³/mol. The zero-order chi connectivity index (χ0) is 13.8. The minimum absolute atomic E-state index is 0.0235. The number of aliphatic hydroxyl groups excluding tert-OH is 1. The Morgan fingerprint density at radius 3 is 2.33 bits per heavy atom. The van der Waals surface area contributed by atoms with Crippen LogP contribution < -0.4 is 0 Å². The standard InChI is InChI=1S/C13H24O5/c1-9-11(5-7-14)17-13(3,4)18-12(9)6-8-16-10(2)15/h9,11-12,14H,5-8H2,1-4H3/t9-,11+,12-/m1/s1. The normalized spacial score (nSPS) is 31.1.